The van der Waals surface area contributed by atoms with Crippen LogP contribution in [0.3, 0.4) is 0 Å². The molecule has 9 aliphatic rings. The summed E-state index contributed by atoms with van der Waals surface area (Å²) in [5.41, 5.74) is 0.173. The minimum absolute atomic E-state index is 0.0519. The van der Waals surface area contributed by atoms with E-state index >= 15 is 0 Å². The molecule has 4 saturated carbocycles. The lowest BCUT2D eigenvalue weighted by Crippen LogP contribution is -2.61. The Balaban J connectivity index is 1.05. The summed E-state index contributed by atoms with van der Waals surface area (Å²) in [6.07, 6.45) is 2.72. The smallest absolute Gasteiger partial charge is 0.302 e. The number of aliphatic hydroxyl groups excluding tert-OH is 3. The predicted octanol–water partition coefficient (Wildman–Crippen LogP) is 3.60. The van der Waals surface area contributed by atoms with Gasteiger partial charge in [0.15, 0.2) is 12.6 Å². The van der Waals surface area contributed by atoms with E-state index < -0.39 is 42.3 Å². The highest BCUT2D eigenvalue weighted by atomic mass is 16.8. The highest BCUT2D eigenvalue weighted by Crippen LogP contribution is 2.88. The van der Waals surface area contributed by atoms with Crippen molar-refractivity contribution in [3.8, 4) is 0 Å². The van der Waals surface area contributed by atoms with E-state index in [-0.39, 0.29) is 75.9 Å². The summed E-state index contributed by atoms with van der Waals surface area (Å²) in [5.74, 6) is -0.345. The molecule has 8 fully saturated rings. The zero-order chi connectivity index (χ0) is 34.9. The summed E-state index contributed by atoms with van der Waals surface area (Å²) in [6, 6.07) is 0. The number of aliphatic hydroxyl groups is 3. The number of methoxy groups -OCH3 is 1. The first-order valence-electron chi connectivity index (χ1n) is 18.7. The van der Waals surface area contributed by atoms with Gasteiger partial charge in [-0.3, -0.25) is 4.79 Å². The van der Waals surface area contributed by atoms with Crippen LogP contribution in [0, 0.1) is 44.8 Å². The molecule has 3 N–H and O–H groups in total. The van der Waals surface area contributed by atoms with E-state index in [9.17, 15) is 20.1 Å². The summed E-state index contributed by atoms with van der Waals surface area (Å²) in [5, 5.41) is 31.0. The molecule has 0 amide bonds. The fraction of sp³-hybridized carbons (Fsp3) is 0.921. The van der Waals surface area contributed by atoms with Gasteiger partial charge in [0.25, 0.3) is 0 Å². The highest BCUT2D eigenvalue weighted by Gasteiger charge is 2.85. The van der Waals surface area contributed by atoms with Crippen LogP contribution in [0.1, 0.15) is 93.4 Å². The van der Waals surface area contributed by atoms with Crippen LogP contribution in [-0.2, 0) is 38.0 Å². The van der Waals surface area contributed by atoms with Crippen molar-refractivity contribution in [3.63, 3.8) is 0 Å². The van der Waals surface area contributed by atoms with Crippen LogP contribution < -0.4 is 0 Å². The Bertz CT molecular complexity index is 1470. The molecule has 4 aliphatic heterocycles. The summed E-state index contributed by atoms with van der Waals surface area (Å²) in [6.45, 7) is 15.2. The van der Waals surface area contributed by atoms with Crippen molar-refractivity contribution in [2.24, 2.45) is 44.8 Å². The molecule has 18 atom stereocenters. The number of epoxide rings is 1. The third-order valence-corrected chi connectivity index (χ3v) is 16.3. The van der Waals surface area contributed by atoms with E-state index in [1.54, 1.807) is 14.0 Å². The fourth-order valence-corrected chi connectivity index (χ4v) is 14.0. The molecule has 4 saturated heterocycles. The van der Waals surface area contributed by atoms with Gasteiger partial charge in [-0.05, 0) is 74.0 Å². The first-order chi connectivity index (χ1) is 22.9. The molecule has 0 bridgehead atoms. The SMILES string of the molecule is CO[C@@H]1O[C@]2(C[C@@H](C)[C@H]3[C@H](C[C@@]4(C)C5=CCC6C(C)(C)[C@@H](O[C@@H]7OC[C@@H](O)[C@H](O)[C@H]7O)CC[C@@]67C[C@@]57C[C@@H](OC(C)=O)[C@]34C)O2)[C@@H]2O[C@]12C. The molecule has 274 valence electrons. The maximum atomic E-state index is 12.9. The van der Waals surface area contributed by atoms with Gasteiger partial charge < -0.3 is 48.5 Å². The van der Waals surface area contributed by atoms with Crippen LogP contribution >= 0.6 is 0 Å². The molecule has 11 nitrogen and oxygen atoms in total. The molecule has 3 spiro atoms. The summed E-state index contributed by atoms with van der Waals surface area (Å²) in [4.78, 5) is 12.9. The van der Waals surface area contributed by atoms with Crippen molar-refractivity contribution >= 4 is 5.97 Å². The number of carbonyl (C=O) groups is 1. The zero-order valence-electron chi connectivity index (χ0n) is 30.3. The van der Waals surface area contributed by atoms with Crippen molar-refractivity contribution in [1.29, 1.82) is 0 Å². The molecule has 0 aromatic carbocycles. The van der Waals surface area contributed by atoms with Crippen molar-refractivity contribution in [3.05, 3.63) is 11.6 Å². The van der Waals surface area contributed by atoms with Gasteiger partial charge in [0.05, 0.1) is 18.8 Å². The standard InChI is InChI=1S/C38H56O11/c1-18-13-38(30-35(7,48-30)31(43-8)49-38)47-21-14-33(5)23-10-9-22-32(3,4)24(46-29-28(42)27(41)20(40)16-44-29)11-12-36(22)17-37(23,36)15-25(45-19(2)39)34(33,6)26(18)21/h10,18,20-22,24-31,40-42H,9,11-17H2,1-8H3/t18-,20-,21+,22?,24+,25-,26+,27+,28-,29+,30-,31-,33+,34-,35+,36-,37+,38-/m1/s1. The number of ether oxygens (including phenoxy) is 7. The minimum Gasteiger partial charge on any atom is -0.462 e. The fourth-order valence-electron chi connectivity index (χ4n) is 14.0. The van der Waals surface area contributed by atoms with Gasteiger partial charge in [-0.25, -0.2) is 0 Å². The van der Waals surface area contributed by atoms with E-state index in [4.69, 9.17) is 33.2 Å². The molecule has 0 aromatic rings. The van der Waals surface area contributed by atoms with Crippen LogP contribution in [-0.4, -0.2) is 102 Å². The number of hydrogen-bond acceptors (Lipinski definition) is 11. The molecule has 0 radical (unpaired) electrons. The molecule has 49 heavy (non-hydrogen) atoms. The topological polar surface area (TPSA) is 146 Å². The minimum atomic E-state index is -1.31. The van der Waals surface area contributed by atoms with Gasteiger partial charge in [-0.2, -0.15) is 0 Å². The van der Waals surface area contributed by atoms with Crippen molar-refractivity contribution in [2.75, 3.05) is 13.7 Å². The van der Waals surface area contributed by atoms with Crippen molar-refractivity contribution < 1.29 is 53.3 Å². The normalized spacial score (nSPS) is 60.6. The summed E-state index contributed by atoms with van der Waals surface area (Å²) >= 11 is 0. The van der Waals surface area contributed by atoms with E-state index in [0.717, 1.165) is 38.5 Å². The Morgan fingerprint density at radius 2 is 1.73 bits per heavy atom. The third-order valence-electron chi connectivity index (χ3n) is 16.3. The van der Waals surface area contributed by atoms with Gasteiger partial charge in [0.1, 0.15) is 36.1 Å². The van der Waals surface area contributed by atoms with Crippen LogP contribution in [0.15, 0.2) is 11.6 Å². The van der Waals surface area contributed by atoms with Gasteiger partial charge in [-0.15, -0.1) is 0 Å². The molecule has 4 heterocycles. The number of fused-ring (bicyclic) bond motifs is 6. The number of esters is 1. The number of allylic oxidation sites excluding steroid dienone is 2. The summed E-state index contributed by atoms with van der Waals surface area (Å²) < 4.78 is 44.3. The largest absolute Gasteiger partial charge is 0.462 e. The lowest BCUT2D eigenvalue weighted by molar-refractivity contribution is -0.349. The average Bonchev–Trinajstić information content (AvgIpc) is 3.86. The summed E-state index contributed by atoms with van der Waals surface area (Å²) in [7, 11) is 1.66. The number of carbonyl (C=O) groups excluding carboxylic acids is 1. The van der Waals surface area contributed by atoms with E-state index in [1.807, 2.05) is 6.92 Å². The van der Waals surface area contributed by atoms with E-state index in [0.29, 0.717) is 12.3 Å². The number of hydrogen-bond donors (Lipinski definition) is 3. The molecule has 5 aliphatic carbocycles. The number of rotatable bonds is 4. The monoisotopic (exact) mass is 688 g/mol. The quantitative estimate of drug-likeness (QED) is 0.226. The maximum Gasteiger partial charge on any atom is 0.302 e. The van der Waals surface area contributed by atoms with Crippen molar-refractivity contribution in [2.45, 2.75) is 160 Å². The first-order valence-corrected chi connectivity index (χ1v) is 18.7. The second-order valence-electron chi connectivity index (χ2n) is 18.7. The second-order valence-corrected chi connectivity index (χ2v) is 18.7. The van der Waals surface area contributed by atoms with Gasteiger partial charge >= 0.3 is 5.97 Å². The Morgan fingerprint density at radius 1 is 0.980 bits per heavy atom. The van der Waals surface area contributed by atoms with Crippen LogP contribution in [0.25, 0.3) is 0 Å². The Hall–Kier alpha value is -1.15. The van der Waals surface area contributed by atoms with Crippen LogP contribution in [0.5, 0.6) is 0 Å². The molecule has 0 aromatic heterocycles. The van der Waals surface area contributed by atoms with Crippen molar-refractivity contribution in [1.82, 2.24) is 0 Å². The lowest BCUT2D eigenvalue weighted by Gasteiger charge is -2.62. The highest BCUT2D eigenvalue weighted by molar-refractivity contribution is 5.66. The molecule has 11 heteroatoms. The lowest BCUT2D eigenvalue weighted by atomic mass is 9.44. The average molecular weight is 689 g/mol. The molecular weight excluding hydrogens is 632 g/mol. The Kier molecular flexibility index (Phi) is 6.93. The predicted molar refractivity (Wildman–Crippen MR) is 172 cm³/mol. The molecule has 1 unspecified atom stereocenters. The van der Waals surface area contributed by atoms with Gasteiger partial charge in [0.2, 0.25) is 5.79 Å². The first kappa shape index (κ1) is 33.7. The second kappa shape index (κ2) is 10.1. The van der Waals surface area contributed by atoms with E-state index in [1.165, 1.54) is 5.57 Å². The van der Waals surface area contributed by atoms with Crippen LogP contribution in [0.4, 0.5) is 0 Å². The van der Waals surface area contributed by atoms with E-state index in [2.05, 4.69) is 40.7 Å². The van der Waals surface area contributed by atoms with Gasteiger partial charge in [0, 0.05) is 36.7 Å². The van der Waals surface area contributed by atoms with Gasteiger partial charge in [-0.1, -0.05) is 46.3 Å². The Morgan fingerprint density at radius 3 is 2.43 bits per heavy atom. The molecule has 9 rings (SSSR count). The zero-order valence-corrected chi connectivity index (χ0v) is 30.3. The molecular formula is C38H56O11. The third kappa shape index (κ3) is 3.93. The maximum absolute atomic E-state index is 12.9. The Labute approximate surface area is 289 Å². The van der Waals surface area contributed by atoms with Crippen LogP contribution in [0.2, 0.25) is 0 Å².